The highest BCUT2D eigenvalue weighted by atomic mass is 16.6. The number of hydrogen-bond acceptors (Lipinski definition) is 4. The first-order chi connectivity index (χ1) is 21.7. The molecular weight excluding hydrogens is 576 g/mol. The Balaban J connectivity index is 1.55. The molecule has 0 aliphatic carbocycles. The number of nitrogens with zero attached hydrogens (tertiary/aromatic N) is 2. The van der Waals surface area contributed by atoms with E-state index >= 15 is 0 Å². The van der Waals surface area contributed by atoms with E-state index in [1.54, 1.807) is 0 Å². The molecule has 0 radical (unpaired) electrons. The highest BCUT2D eigenvalue weighted by Gasteiger charge is 2.43. The van der Waals surface area contributed by atoms with Crippen molar-refractivity contribution in [3.8, 4) is 0 Å². The van der Waals surface area contributed by atoms with Crippen LogP contribution in [0.4, 0.5) is 11.4 Å². The van der Waals surface area contributed by atoms with Crippen LogP contribution in [0, 0.1) is 10.4 Å². The molecule has 4 unspecified atom stereocenters. The van der Waals surface area contributed by atoms with Gasteiger partial charge in [-0.1, -0.05) is 91.8 Å². The first kappa shape index (κ1) is 36.1. The molecule has 0 spiro atoms. The van der Waals surface area contributed by atoms with Crippen molar-refractivity contribution in [1.29, 1.82) is 0 Å². The molecule has 2 aliphatic heterocycles. The van der Waals surface area contributed by atoms with Gasteiger partial charge in [-0.25, -0.2) is 0 Å². The maximum Gasteiger partial charge on any atom is 0.283 e. The van der Waals surface area contributed by atoms with E-state index in [1.807, 2.05) is 36.4 Å². The minimum atomic E-state index is -0.788. The van der Waals surface area contributed by atoms with Gasteiger partial charge in [0, 0.05) is 24.2 Å². The van der Waals surface area contributed by atoms with Crippen molar-refractivity contribution in [2.24, 2.45) is 0 Å². The summed E-state index contributed by atoms with van der Waals surface area (Å²) in [6.07, 6.45) is 4.03. The number of carbonyl (C=O) groups is 2. The number of likely N-dealkylation sites (tertiary alicyclic amines) is 2. The Morgan fingerprint density at radius 2 is 0.913 bits per heavy atom. The van der Waals surface area contributed by atoms with E-state index < -0.39 is 21.4 Å². The Labute approximate surface area is 277 Å². The number of quaternary nitrogens is 2. The van der Waals surface area contributed by atoms with Crippen LogP contribution in [0.15, 0.2) is 36.4 Å². The summed E-state index contributed by atoms with van der Waals surface area (Å²) in [6.45, 7) is 17.5. The minimum absolute atomic E-state index is 0.0219. The van der Waals surface area contributed by atoms with Crippen LogP contribution in [0.5, 0.6) is 0 Å². The van der Waals surface area contributed by atoms with Gasteiger partial charge in [-0.2, -0.15) is 0 Å². The van der Waals surface area contributed by atoms with E-state index in [9.17, 15) is 20.0 Å². The number of carbonyl (C=O) groups excluding carboxylic acids is 2. The van der Waals surface area contributed by atoms with E-state index in [0.29, 0.717) is 25.9 Å². The fourth-order valence-corrected chi connectivity index (χ4v) is 7.58. The van der Waals surface area contributed by atoms with Crippen LogP contribution in [0.25, 0.3) is 0 Å². The number of para-hydroxylation sites is 2. The lowest BCUT2D eigenvalue weighted by Gasteiger charge is -2.55. The van der Waals surface area contributed by atoms with E-state index in [2.05, 4.69) is 66.0 Å². The van der Waals surface area contributed by atoms with Gasteiger partial charge in [0.25, 0.3) is 11.8 Å². The maximum absolute atomic E-state index is 14.5. The molecular formula is C38H58N4O4. The second-order valence-corrected chi connectivity index (χ2v) is 15.0. The standard InChI is InChI=1S/C38H58N4O4/c1-25(2)29-15-13-16-30(26(3)4)35(29)39-37(43)33-19-9-11-21-41(33,45)23-24-42(46)22-12-10-20-34(42)38(44)40-36-31(27(5)6)17-14-18-32(36)28(7)8/h13-18,25-28,33-34H,9-12,19-24H2,1-8H3,(H,39,43)(H,40,44). The van der Waals surface area contributed by atoms with Crippen LogP contribution >= 0.6 is 0 Å². The number of rotatable bonds is 11. The molecule has 46 heavy (non-hydrogen) atoms. The van der Waals surface area contributed by atoms with Gasteiger partial charge in [0.05, 0.1) is 13.1 Å². The number of anilines is 2. The van der Waals surface area contributed by atoms with Crippen molar-refractivity contribution in [3.05, 3.63) is 69.1 Å². The molecule has 4 atom stereocenters. The van der Waals surface area contributed by atoms with Crippen molar-refractivity contribution in [2.75, 3.05) is 36.8 Å². The second-order valence-electron chi connectivity index (χ2n) is 15.0. The zero-order chi connectivity index (χ0) is 33.8. The van der Waals surface area contributed by atoms with Crippen LogP contribution in [-0.4, -0.2) is 59.4 Å². The van der Waals surface area contributed by atoms with Crippen molar-refractivity contribution < 1.29 is 18.9 Å². The van der Waals surface area contributed by atoms with Gasteiger partial charge in [0.2, 0.25) is 0 Å². The first-order valence-electron chi connectivity index (χ1n) is 17.7. The number of nitrogens with one attached hydrogen (secondary N) is 2. The summed E-state index contributed by atoms with van der Waals surface area (Å²) < 4.78 is -1.42. The van der Waals surface area contributed by atoms with Gasteiger partial charge >= 0.3 is 0 Å². The molecule has 2 fully saturated rings. The van der Waals surface area contributed by atoms with Crippen molar-refractivity contribution >= 4 is 23.2 Å². The summed E-state index contributed by atoms with van der Waals surface area (Å²) in [5.74, 6) is 0.320. The van der Waals surface area contributed by atoms with E-state index in [1.165, 1.54) is 0 Å². The summed E-state index contributed by atoms with van der Waals surface area (Å²) in [6, 6.07) is 10.7. The summed E-state index contributed by atoms with van der Waals surface area (Å²) in [4.78, 5) is 27.9. The van der Waals surface area contributed by atoms with Gasteiger partial charge in [0.15, 0.2) is 12.1 Å². The molecule has 8 nitrogen and oxygen atoms in total. The van der Waals surface area contributed by atoms with Crippen LogP contribution in [0.2, 0.25) is 0 Å². The number of piperidine rings is 2. The Bertz CT molecular complexity index is 1220. The molecule has 2 saturated heterocycles. The van der Waals surface area contributed by atoms with Gasteiger partial charge < -0.3 is 30.3 Å². The molecule has 2 amide bonds. The predicted octanol–water partition coefficient (Wildman–Crippen LogP) is 8.49. The Morgan fingerprint density at radius 1 is 0.609 bits per heavy atom. The summed E-state index contributed by atoms with van der Waals surface area (Å²) >= 11 is 0. The third kappa shape index (κ3) is 7.84. The van der Waals surface area contributed by atoms with Crippen LogP contribution in [0.1, 0.15) is 140 Å². The fraction of sp³-hybridized carbons (Fsp3) is 0.632. The Kier molecular flexibility index (Phi) is 11.7. The summed E-state index contributed by atoms with van der Waals surface area (Å²) in [5.41, 5.74) is 5.88. The average Bonchev–Trinajstić information content (AvgIpc) is 3.00. The quantitative estimate of drug-likeness (QED) is 0.191. The van der Waals surface area contributed by atoms with Gasteiger partial charge in [-0.05, 0) is 71.6 Å². The third-order valence-corrected chi connectivity index (χ3v) is 10.4. The fourth-order valence-electron chi connectivity index (χ4n) is 7.58. The molecule has 0 bridgehead atoms. The van der Waals surface area contributed by atoms with E-state index in [0.717, 1.165) is 59.3 Å². The third-order valence-electron chi connectivity index (χ3n) is 10.4. The molecule has 254 valence electrons. The monoisotopic (exact) mass is 634 g/mol. The topological polar surface area (TPSA) is 104 Å². The predicted molar refractivity (Wildman–Crippen MR) is 189 cm³/mol. The molecule has 0 aromatic heterocycles. The molecule has 2 N–H and O–H groups in total. The number of hydrogen-bond donors (Lipinski definition) is 2. The minimum Gasteiger partial charge on any atom is -0.632 e. The van der Waals surface area contributed by atoms with E-state index in [4.69, 9.17) is 0 Å². The van der Waals surface area contributed by atoms with Crippen molar-refractivity contribution in [3.63, 3.8) is 0 Å². The average molecular weight is 635 g/mol. The SMILES string of the molecule is CC(C)c1cccc(C(C)C)c1NC(=O)C1CCCC[N+]1([O-])CC[N+]1([O-])CCCCC1C(=O)Nc1c(C(C)C)cccc1C(C)C. The lowest BCUT2D eigenvalue weighted by atomic mass is 9.92. The molecule has 0 saturated carbocycles. The maximum atomic E-state index is 14.5. The van der Waals surface area contributed by atoms with Gasteiger partial charge in [-0.3, -0.25) is 9.59 Å². The lowest BCUT2D eigenvalue weighted by Crippen LogP contribution is -2.65. The summed E-state index contributed by atoms with van der Waals surface area (Å²) in [7, 11) is 0. The molecule has 2 aromatic rings. The Hall–Kier alpha value is -2.78. The van der Waals surface area contributed by atoms with Gasteiger partial charge in [-0.15, -0.1) is 0 Å². The van der Waals surface area contributed by atoms with Gasteiger partial charge in [0.1, 0.15) is 13.1 Å². The van der Waals surface area contributed by atoms with E-state index in [-0.39, 0.29) is 48.6 Å². The molecule has 2 heterocycles. The van der Waals surface area contributed by atoms with Crippen molar-refractivity contribution in [1.82, 2.24) is 0 Å². The second kappa shape index (κ2) is 15.0. The van der Waals surface area contributed by atoms with Crippen LogP contribution in [0.3, 0.4) is 0 Å². The van der Waals surface area contributed by atoms with Crippen LogP contribution in [-0.2, 0) is 9.59 Å². The zero-order valence-electron chi connectivity index (χ0n) is 29.5. The van der Waals surface area contributed by atoms with Crippen molar-refractivity contribution in [2.45, 2.75) is 130 Å². The largest absolute Gasteiger partial charge is 0.632 e. The molecule has 2 aromatic carbocycles. The normalized spacial score (nSPS) is 25.3. The highest BCUT2D eigenvalue weighted by Crippen LogP contribution is 2.36. The molecule has 8 heteroatoms. The zero-order valence-corrected chi connectivity index (χ0v) is 29.5. The summed E-state index contributed by atoms with van der Waals surface area (Å²) in [5, 5.41) is 35.5. The number of amides is 2. The number of hydroxylamine groups is 6. The molecule has 2 aliphatic rings. The highest BCUT2D eigenvalue weighted by molar-refractivity contribution is 5.96. The Morgan fingerprint density at radius 3 is 1.20 bits per heavy atom. The first-order valence-corrected chi connectivity index (χ1v) is 17.7. The van der Waals surface area contributed by atoms with Crippen LogP contribution < -0.4 is 10.6 Å². The lowest BCUT2D eigenvalue weighted by molar-refractivity contribution is -0.955. The number of benzene rings is 2. The smallest absolute Gasteiger partial charge is 0.283 e. The molecule has 4 rings (SSSR count).